The Morgan fingerprint density at radius 2 is 1.91 bits per heavy atom. The molecule has 32 heavy (non-hydrogen) atoms. The SMILES string of the molecule is CCNC(=O)c1sc(NC(=O)c2cc3ccc(N(CC)CC)cc3oc2=N)c(C#N)c1C. The van der Waals surface area contributed by atoms with Crippen LogP contribution in [0.4, 0.5) is 10.7 Å². The molecule has 2 amide bonds. The largest absolute Gasteiger partial charge is 0.438 e. The van der Waals surface area contributed by atoms with Gasteiger partial charge in [-0.2, -0.15) is 5.26 Å². The van der Waals surface area contributed by atoms with Crippen molar-refractivity contribution < 1.29 is 14.0 Å². The molecule has 0 saturated heterocycles. The van der Waals surface area contributed by atoms with Gasteiger partial charge in [0.05, 0.1) is 10.4 Å². The van der Waals surface area contributed by atoms with Gasteiger partial charge in [0.1, 0.15) is 22.2 Å². The Morgan fingerprint density at radius 1 is 1.19 bits per heavy atom. The summed E-state index contributed by atoms with van der Waals surface area (Å²) < 4.78 is 5.64. The Bertz CT molecular complexity index is 1280. The number of anilines is 2. The van der Waals surface area contributed by atoms with E-state index < -0.39 is 5.91 Å². The van der Waals surface area contributed by atoms with E-state index in [0.717, 1.165) is 30.1 Å². The highest BCUT2D eigenvalue weighted by Gasteiger charge is 2.22. The van der Waals surface area contributed by atoms with Crippen molar-refractivity contribution >= 4 is 44.8 Å². The Balaban J connectivity index is 1.95. The molecule has 8 nitrogen and oxygen atoms in total. The molecule has 0 aliphatic heterocycles. The molecule has 1 aromatic carbocycles. The minimum absolute atomic E-state index is 0.0441. The van der Waals surface area contributed by atoms with Crippen molar-refractivity contribution in [3.8, 4) is 6.07 Å². The molecule has 0 fully saturated rings. The third-order valence-corrected chi connectivity index (χ3v) is 6.36. The maximum Gasteiger partial charge on any atom is 0.261 e. The Hall–Kier alpha value is -3.64. The van der Waals surface area contributed by atoms with Gasteiger partial charge in [-0.05, 0) is 51.5 Å². The predicted octanol–water partition coefficient (Wildman–Crippen LogP) is 4.00. The maximum absolute atomic E-state index is 12.9. The van der Waals surface area contributed by atoms with Crippen molar-refractivity contribution in [3.05, 3.63) is 51.4 Å². The first-order valence-corrected chi connectivity index (χ1v) is 11.2. The number of amides is 2. The first-order chi connectivity index (χ1) is 15.3. The molecule has 0 saturated carbocycles. The van der Waals surface area contributed by atoms with Crippen LogP contribution >= 0.6 is 11.3 Å². The molecule has 3 N–H and O–H groups in total. The van der Waals surface area contributed by atoms with E-state index in [2.05, 4.69) is 35.5 Å². The van der Waals surface area contributed by atoms with E-state index in [1.807, 2.05) is 18.2 Å². The normalized spacial score (nSPS) is 10.6. The summed E-state index contributed by atoms with van der Waals surface area (Å²) in [6.45, 7) is 9.74. The van der Waals surface area contributed by atoms with E-state index in [0.29, 0.717) is 28.0 Å². The summed E-state index contributed by atoms with van der Waals surface area (Å²) in [6, 6.07) is 9.31. The fourth-order valence-corrected chi connectivity index (χ4v) is 4.50. The molecule has 0 bridgehead atoms. The fraction of sp³-hybridized carbons (Fsp3) is 0.304. The third-order valence-electron chi connectivity index (χ3n) is 5.16. The molecule has 2 heterocycles. The lowest BCUT2D eigenvalue weighted by Crippen LogP contribution is -2.22. The molecule has 3 aromatic rings. The topological polar surface area (TPSA) is 122 Å². The van der Waals surface area contributed by atoms with E-state index in [1.165, 1.54) is 0 Å². The molecule has 0 unspecified atom stereocenters. The summed E-state index contributed by atoms with van der Waals surface area (Å²) in [4.78, 5) is 27.7. The second kappa shape index (κ2) is 9.66. The van der Waals surface area contributed by atoms with Crippen molar-refractivity contribution in [3.63, 3.8) is 0 Å². The second-order valence-corrected chi connectivity index (χ2v) is 8.09. The van der Waals surface area contributed by atoms with E-state index >= 15 is 0 Å². The number of hydrogen-bond acceptors (Lipinski definition) is 7. The molecule has 9 heteroatoms. The second-order valence-electron chi connectivity index (χ2n) is 7.07. The number of nitrogens with one attached hydrogen (secondary N) is 3. The van der Waals surface area contributed by atoms with Crippen LogP contribution in [0, 0.1) is 23.7 Å². The molecule has 0 spiro atoms. The van der Waals surface area contributed by atoms with Gasteiger partial charge in [-0.15, -0.1) is 11.3 Å². The molecule has 2 aromatic heterocycles. The lowest BCUT2D eigenvalue weighted by molar-refractivity contribution is 0.0958. The van der Waals surface area contributed by atoms with Crippen LogP contribution in [-0.2, 0) is 0 Å². The molecular weight excluding hydrogens is 426 g/mol. The van der Waals surface area contributed by atoms with Gasteiger partial charge >= 0.3 is 0 Å². The number of carbonyl (C=O) groups is 2. The zero-order chi connectivity index (χ0) is 23.4. The predicted molar refractivity (Wildman–Crippen MR) is 125 cm³/mol. The van der Waals surface area contributed by atoms with Crippen molar-refractivity contribution in [2.45, 2.75) is 27.7 Å². The monoisotopic (exact) mass is 451 g/mol. The van der Waals surface area contributed by atoms with Crippen LogP contribution in [0.25, 0.3) is 11.0 Å². The quantitative estimate of drug-likeness (QED) is 0.501. The highest BCUT2D eigenvalue weighted by Crippen LogP contribution is 2.33. The Labute approximate surface area is 190 Å². The van der Waals surface area contributed by atoms with E-state index in [9.17, 15) is 14.9 Å². The summed E-state index contributed by atoms with van der Waals surface area (Å²) in [5.74, 6) is -0.869. The summed E-state index contributed by atoms with van der Waals surface area (Å²) >= 11 is 1.04. The zero-order valence-electron chi connectivity index (χ0n) is 18.5. The summed E-state index contributed by atoms with van der Waals surface area (Å²) in [5.41, 5.74) is 2.01. The van der Waals surface area contributed by atoms with Crippen LogP contribution in [0.15, 0.2) is 28.7 Å². The van der Waals surface area contributed by atoms with Crippen molar-refractivity contribution in [1.29, 1.82) is 10.7 Å². The number of benzene rings is 1. The minimum Gasteiger partial charge on any atom is -0.438 e. The van der Waals surface area contributed by atoms with Gasteiger partial charge in [0.25, 0.3) is 11.8 Å². The molecule has 0 aliphatic carbocycles. The molecular formula is C23H25N5O3S. The van der Waals surface area contributed by atoms with Crippen LogP contribution in [0.1, 0.15) is 51.9 Å². The average molecular weight is 452 g/mol. The number of nitrogens with zero attached hydrogens (tertiary/aromatic N) is 2. The Morgan fingerprint density at radius 3 is 2.53 bits per heavy atom. The number of thiophene rings is 1. The van der Waals surface area contributed by atoms with Gasteiger partial charge in [0, 0.05) is 36.8 Å². The first-order valence-electron chi connectivity index (χ1n) is 10.3. The van der Waals surface area contributed by atoms with Crippen molar-refractivity contribution in [2.75, 3.05) is 29.9 Å². The van der Waals surface area contributed by atoms with Gasteiger partial charge in [-0.1, -0.05) is 0 Å². The number of hydrogen-bond donors (Lipinski definition) is 3. The number of fused-ring (bicyclic) bond motifs is 1. The van der Waals surface area contributed by atoms with Crippen molar-refractivity contribution in [1.82, 2.24) is 5.32 Å². The summed E-state index contributed by atoms with van der Waals surface area (Å²) in [5, 5.41) is 24.1. The lowest BCUT2D eigenvalue weighted by Gasteiger charge is -2.21. The molecule has 3 rings (SSSR count). The molecule has 166 valence electrons. The van der Waals surface area contributed by atoms with E-state index in [1.54, 1.807) is 19.9 Å². The van der Waals surface area contributed by atoms with Gasteiger partial charge in [0.2, 0.25) is 5.55 Å². The highest BCUT2D eigenvalue weighted by atomic mass is 32.1. The fourth-order valence-electron chi connectivity index (χ4n) is 3.43. The van der Waals surface area contributed by atoms with E-state index in [4.69, 9.17) is 9.83 Å². The minimum atomic E-state index is -0.575. The van der Waals surface area contributed by atoms with Gasteiger partial charge < -0.3 is 20.0 Å². The number of nitriles is 1. The third kappa shape index (κ3) is 4.36. The van der Waals surface area contributed by atoms with Gasteiger partial charge in [-0.25, -0.2) is 0 Å². The molecule has 0 radical (unpaired) electrons. The van der Waals surface area contributed by atoms with E-state index in [-0.39, 0.29) is 27.6 Å². The number of rotatable bonds is 7. The molecule has 0 aliphatic rings. The van der Waals surface area contributed by atoms with Crippen LogP contribution in [-0.4, -0.2) is 31.4 Å². The number of carbonyl (C=O) groups excluding carboxylic acids is 2. The lowest BCUT2D eigenvalue weighted by atomic mass is 10.1. The van der Waals surface area contributed by atoms with Crippen LogP contribution in [0.3, 0.4) is 0 Å². The van der Waals surface area contributed by atoms with Crippen molar-refractivity contribution in [2.24, 2.45) is 0 Å². The summed E-state index contributed by atoms with van der Waals surface area (Å²) in [6.07, 6.45) is 0. The van der Waals surface area contributed by atoms with Crippen LogP contribution in [0.2, 0.25) is 0 Å². The van der Waals surface area contributed by atoms with Crippen LogP contribution in [0.5, 0.6) is 0 Å². The average Bonchev–Trinajstić information content (AvgIpc) is 3.09. The highest BCUT2D eigenvalue weighted by molar-refractivity contribution is 7.18. The zero-order valence-corrected chi connectivity index (χ0v) is 19.3. The first kappa shape index (κ1) is 23.0. The smallest absolute Gasteiger partial charge is 0.261 e. The molecule has 0 atom stereocenters. The Kier molecular flexibility index (Phi) is 6.95. The van der Waals surface area contributed by atoms with Gasteiger partial charge in [0.15, 0.2) is 0 Å². The maximum atomic E-state index is 12.9. The summed E-state index contributed by atoms with van der Waals surface area (Å²) in [7, 11) is 0. The standard InChI is InChI=1S/C23H25N5O3S/c1-5-26-22(30)19-13(4)17(12-24)23(32-19)27-21(29)16-10-14-8-9-15(28(6-2)7-3)11-18(14)31-20(16)25/h8-11,25H,5-7H2,1-4H3,(H,26,30)(H,27,29). The van der Waals surface area contributed by atoms with Crippen LogP contribution < -0.4 is 21.1 Å². The van der Waals surface area contributed by atoms with Gasteiger partial charge in [-0.3, -0.25) is 15.0 Å².